The molecule has 0 spiro atoms. The van der Waals surface area contributed by atoms with E-state index in [1.807, 2.05) is 24.3 Å². The number of ether oxygens (including phenoxy) is 1. The van der Waals surface area contributed by atoms with E-state index in [4.69, 9.17) is 41.9 Å². The van der Waals surface area contributed by atoms with Gasteiger partial charge in [-0.25, -0.2) is 4.57 Å². The van der Waals surface area contributed by atoms with Crippen molar-refractivity contribution in [3.8, 4) is 0 Å². The van der Waals surface area contributed by atoms with E-state index in [-0.39, 0.29) is 0 Å². The number of hydrogen-bond donors (Lipinski definition) is 4. The van der Waals surface area contributed by atoms with E-state index in [9.17, 15) is 0 Å². The van der Waals surface area contributed by atoms with Crippen LogP contribution in [0.2, 0.25) is 0 Å². The minimum absolute atomic E-state index is 0.560. The summed E-state index contributed by atoms with van der Waals surface area (Å²) < 4.78 is 14.5. The zero-order chi connectivity index (χ0) is 18.2. The highest BCUT2D eigenvalue weighted by Gasteiger charge is 2.17. The normalized spacial score (nSPS) is 18.4. The molecule has 1 aromatic carbocycles. The lowest BCUT2D eigenvalue weighted by atomic mass is 10.0. The van der Waals surface area contributed by atoms with E-state index in [0.717, 1.165) is 17.8 Å². The van der Waals surface area contributed by atoms with Crippen LogP contribution in [0.4, 0.5) is 5.69 Å². The SMILES string of the molecule is C[C@H]1CCCCN1CCOC(=S)c1ccc(N)cc1.O=P(O)(O)O. The molecule has 1 heterocycles. The van der Waals surface area contributed by atoms with Crippen molar-refractivity contribution in [3.63, 3.8) is 0 Å². The van der Waals surface area contributed by atoms with Gasteiger partial charge in [0.25, 0.3) is 0 Å². The van der Waals surface area contributed by atoms with Gasteiger partial charge >= 0.3 is 7.82 Å². The van der Waals surface area contributed by atoms with Gasteiger partial charge < -0.3 is 25.2 Å². The average Bonchev–Trinajstić information content (AvgIpc) is 2.48. The molecule has 1 aliphatic rings. The molecule has 0 unspecified atom stereocenters. The summed E-state index contributed by atoms with van der Waals surface area (Å²) in [6, 6.07) is 8.17. The van der Waals surface area contributed by atoms with Gasteiger partial charge in [0, 0.05) is 23.8 Å². The predicted molar refractivity (Wildman–Crippen MR) is 97.7 cm³/mol. The predicted octanol–water partition coefficient (Wildman–Crippen LogP) is 1.91. The number of anilines is 1. The highest BCUT2D eigenvalue weighted by molar-refractivity contribution is 7.80. The molecule has 1 aliphatic heterocycles. The van der Waals surface area contributed by atoms with Gasteiger partial charge in [-0.2, -0.15) is 0 Å². The van der Waals surface area contributed by atoms with Crippen molar-refractivity contribution in [3.05, 3.63) is 29.8 Å². The molecule has 1 saturated heterocycles. The maximum atomic E-state index is 8.88. The van der Waals surface area contributed by atoms with Crippen molar-refractivity contribution in [1.82, 2.24) is 4.90 Å². The molecule has 7 nitrogen and oxygen atoms in total. The van der Waals surface area contributed by atoms with Gasteiger partial charge in [0.05, 0.1) is 0 Å². The van der Waals surface area contributed by atoms with E-state index >= 15 is 0 Å². The van der Waals surface area contributed by atoms with Crippen LogP contribution in [0.3, 0.4) is 0 Å². The fourth-order valence-corrected chi connectivity index (χ4v) is 2.67. The molecular weight excluding hydrogens is 351 g/mol. The van der Waals surface area contributed by atoms with E-state index in [2.05, 4.69) is 11.8 Å². The number of likely N-dealkylation sites (tertiary alicyclic amines) is 1. The Morgan fingerprint density at radius 3 is 2.46 bits per heavy atom. The van der Waals surface area contributed by atoms with Crippen LogP contribution < -0.4 is 5.73 Å². The van der Waals surface area contributed by atoms with E-state index in [1.54, 1.807) is 0 Å². The summed E-state index contributed by atoms with van der Waals surface area (Å²) in [4.78, 5) is 24.0. The monoisotopic (exact) mass is 376 g/mol. The summed E-state index contributed by atoms with van der Waals surface area (Å²) in [5.41, 5.74) is 7.32. The number of thiocarbonyl (C=S) groups is 1. The maximum absolute atomic E-state index is 8.88. The molecule has 0 aliphatic carbocycles. The van der Waals surface area contributed by atoms with Gasteiger partial charge in [-0.05, 0) is 62.8 Å². The van der Waals surface area contributed by atoms with Crippen LogP contribution in [-0.2, 0) is 9.30 Å². The Bertz CT molecular complexity index is 555. The first-order chi connectivity index (χ1) is 11.2. The number of phosphoric acid groups is 1. The standard InChI is InChI=1S/C15H22N2OS.H3O4P/c1-12-4-2-3-9-17(12)10-11-18-15(19)13-5-7-14(16)8-6-13;1-5(2,3)4/h5-8,12H,2-4,9-11,16H2,1H3;(H3,1,2,3,4)/t12-;/m0./s1. The van der Waals surface area contributed by atoms with Crippen LogP contribution in [0, 0.1) is 0 Å². The van der Waals surface area contributed by atoms with Gasteiger partial charge in [0.15, 0.2) is 5.05 Å². The molecule has 1 fully saturated rings. The number of hydrogen-bond acceptors (Lipinski definition) is 5. The summed E-state index contributed by atoms with van der Waals surface area (Å²) in [5.74, 6) is 0. The summed E-state index contributed by atoms with van der Waals surface area (Å²) in [6.45, 7) is 5.08. The molecule has 1 atom stereocenters. The smallest absolute Gasteiger partial charge is 0.466 e. The summed E-state index contributed by atoms with van der Waals surface area (Å²) >= 11 is 5.28. The molecule has 2 rings (SSSR count). The van der Waals surface area contributed by atoms with E-state index in [0.29, 0.717) is 17.7 Å². The fourth-order valence-electron chi connectivity index (χ4n) is 2.45. The Labute approximate surface area is 147 Å². The number of nitrogens with two attached hydrogens (primary N) is 1. The first-order valence-electron chi connectivity index (χ1n) is 7.72. The van der Waals surface area contributed by atoms with Crippen molar-refractivity contribution in [1.29, 1.82) is 0 Å². The van der Waals surface area contributed by atoms with Crippen LogP contribution >= 0.6 is 20.0 Å². The number of piperidine rings is 1. The van der Waals surface area contributed by atoms with Gasteiger partial charge in [-0.1, -0.05) is 6.42 Å². The Morgan fingerprint density at radius 1 is 1.33 bits per heavy atom. The largest absolute Gasteiger partial charge is 0.482 e. The van der Waals surface area contributed by atoms with Crippen LogP contribution in [-0.4, -0.2) is 50.4 Å². The highest BCUT2D eigenvalue weighted by atomic mass is 32.1. The average molecular weight is 376 g/mol. The van der Waals surface area contributed by atoms with Gasteiger partial charge in [-0.15, -0.1) is 0 Å². The molecule has 0 saturated carbocycles. The zero-order valence-electron chi connectivity index (χ0n) is 13.7. The van der Waals surface area contributed by atoms with E-state index in [1.165, 1.54) is 25.8 Å². The number of rotatable bonds is 4. The molecule has 5 N–H and O–H groups in total. The fraction of sp³-hybridized carbons (Fsp3) is 0.533. The number of benzene rings is 1. The van der Waals surface area contributed by atoms with Crippen LogP contribution in [0.15, 0.2) is 24.3 Å². The molecule has 9 heteroatoms. The second-order valence-corrected chi connectivity index (χ2v) is 7.05. The molecule has 0 radical (unpaired) electrons. The quantitative estimate of drug-likeness (QED) is 0.358. The van der Waals surface area contributed by atoms with Gasteiger partial charge in [-0.3, -0.25) is 4.90 Å². The lowest BCUT2D eigenvalue weighted by molar-refractivity contribution is 0.131. The van der Waals surface area contributed by atoms with Crippen molar-refractivity contribution < 1.29 is 24.0 Å². The summed E-state index contributed by atoms with van der Waals surface area (Å²) in [7, 11) is -4.64. The Kier molecular flexibility index (Phi) is 8.83. The molecule has 136 valence electrons. The number of nitrogens with zero attached hydrogens (tertiary/aromatic N) is 1. The first-order valence-corrected chi connectivity index (χ1v) is 9.69. The summed E-state index contributed by atoms with van der Waals surface area (Å²) in [5, 5.41) is 0.560. The Hall–Kier alpha value is -1.02. The molecule has 0 amide bonds. The van der Waals surface area contributed by atoms with Crippen LogP contribution in [0.1, 0.15) is 31.7 Å². The third-order valence-electron chi connectivity index (χ3n) is 3.70. The Morgan fingerprint density at radius 2 is 1.92 bits per heavy atom. The van der Waals surface area contributed by atoms with Crippen LogP contribution in [0.5, 0.6) is 0 Å². The molecule has 0 aromatic heterocycles. The molecular formula is C15H25N2O5PS. The lowest BCUT2D eigenvalue weighted by Gasteiger charge is -2.33. The van der Waals surface area contributed by atoms with Gasteiger partial charge in [0.1, 0.15) is 6.61 Å². The minimum atomic E-state index is -4.64. The van der Waals surface area contributed by atoms with Crippen molar-refractivity contribution in [2.45, 2.75) is 32.2 Å². The minimum Gasteiger partial charge on any atom is -0.482 e. The molecule has 24 heavy (non-hydrogen) atoms. The molecule has 1 aromatic rings. The maximum Gasteiger partial charge on any atom is 0.466 e. The van der Waals surface area contributed by atoms with Gasteiger partial charge in [0.2, 0.25) is 0 Å². The second kappa shape index (κ2) is 10.1. The van der Waals surface area contributed by atoms with Crippen LogP contribution in [0.25, 0.3) is 0 Å². The third-order valence-corrected chi connectivity index (χ3v) is 4.05. The second-order valence-electron chi connectivity index (χ2n) is 5.65. The zero-order valence-corrected chi connectivity index (χ0v) is 15.4. The van der Waals surface area contributed by atoms with Crippen molar-refractivity contribution in [2.75, 3.05) is 25.4 Å². The Balaban J connectivity index is 0.000000505. The first kappa shape index (κ1) is 21.0. The molecule has 0 bridgehead atoms. The van der Waals surface area contributed by atoms with Crippen molar-refractivity contribution >= 4 is 30.8 Å². The topological polar surface area (TPSA) is 116 Å². The highest BCUT2D eigenvalue weighted by Crippen LogP contribution is 2.25. The lowest BCUT2D eigenvalue weighted by Crippen LogP contribution is -2.39. The summed E-state index contributed by atoms with van der Waals surface area (Å²) in [6.07, 6.45) is 3.94. The van der Waals surface area contributed by atoms with Crippen molar-refractivity contribution in [2.24, 2.45) is 0 Å². The third kappa shape index (κ3) is 9.32. The van der Waals surface area contributed by atoms with E-state index < -0.39 is 7.82 Å². The number of nitrogen functional groups attached to an aromatic ring is 1.